The molecule has 1 heterocycles. The van der Waals surface area contributed by atoms with Gasteiger partial charge in [-0.15, -0.1) is 0 Å². The van der Waals surface area contributed by atoms with E-state index in [1.807, 2.05) is 0 Å². The molecule has 0 radical (unpaired) electrons. The fourth-order valence-electron chi connectivity index (χ4n) is 0.953. The SMILES string of the molecule is CNC(=O)C1NCCNC1=O. The molecule has 62 valence electrons. The van der Waals surface area contributed by atoms with Gasteiger partial charge in [0.25, 0.3) is 0 Å². The number of amides is 2. The van der Waals surface area contributed by atoms with E-state index >= 15 is 0 Å². The molecule has 5 heteroatoms. The Hall–Kier alpha value is -1.10. The van der Waals surface area contributed by atoms with Crippen LogP contribution in [0.3, 0.4) is 0 Å². The third-order valence-corrected chi connectivity index (χ3v) is 1.54. The van der Waals surface area contributed by atoms with E-state index in [-0.39, 0.29) is 11.8 Å². The summed E-state index contributed by atoms with van der Waals surface area (Å²) in [5, 5.41) is 7.78. The van der Waals surface area contributed by atoms with Crippen LogP contribution in [0.2, 0.25) is 0 Å². The van der Waals surface area contributed by atoms with Crippen molar-refractivity contribution in [3.05, 3.63) is 0 Å². The van der Waals surface area contributed by atoms with Crippen molar-refractivity contribution in [2.24, 2.45) is 0 Å². The van der Waals surface area contributed by atoms with Gasteiger partial charge in [0.15, 0.2) is 6.04 Å². The average molecular weight is 157 g/mol. The van der Waals surface area contributed by atoms with Crippen LogP contribution < -0.4 is 16.0 Å². The van der Waals surface area contributed by atoms with E-state index < -0.39 is 6.04 Å². The minimum Gasteiger partial charge on any atom is -0.357 e. The van der Waals surface area contributed by atoms with Gasteiger partial charge < -0.3 is 10.6 Å². The molecule has 1 fully saturated rings. The first-order chi connectivity index (χ1) is 5.25. The number of hydrogen-bond acceptors (Lipinski definition) is 3. The van der Waals surface area contributed by atoms with Gasteiger partial charge >= 0.3 is 0 Å². The van der Waals surface area contributed by atoms with Gasteiger partial charge in [-0.25, -0.2) is 0 Å². The summed E-state index contributed by atoms with van der Waals surface area (Å²) in [6.45, 7) is 1.23. The second-order valence-corrected chi connectivity index (χ2v) is 2.29. The molecule has 0 spiro atoms. The van der Waals surface area contributed by atoms with Crippen LogP contribution >= 0.6 is 0 Å². The molecule has 0 saturated carbocycles. The van der Waals surface area contributed by atoms with Gasteiger partial charge in [-0.1, -0.05) is 0 Å². The lowest BCUT2D eigenvalue weighted by Gasteiger charge is -2.21. The van der Waals surface area contributed by atoms with E-state index in [1.54, 1.807) is 0 Å². The van der Waals surface area contributed by atoms with Crippen LogP contribution in [0.25, 0.3) is 0 Å². The van der Waals surface area contributed by atoms with Crippen LogP contribution in [0.5, 0.6) is 0 Å². The number of piperazine rings is 1. The van der Waals surface area contributed by atoms with E-state index in [2.05, 4.69) is 16.0 Å². The molecule has 1 unspecified atom stereocenters. The van der Waals surface area contributed by atoms with Crippen LogP contribution in [-0.4, -0.2) is 38.0 Å². The largest absolute Gasteiger partial charge is 0.357 e. The first-order valence-corrected chi connectivity index (χ1v) is 3.48. The highest BCUT2D eigenvalue weighted by Gasteiger charge is 2.27. The molecule has 5 nitrogen and oxygen atoms in total. The quantitative estimate of drug-likeness (QED) is 0.379. The summed E-state index contributed by atoms with van der Waals surface area (Å²) in [6.07, 6.45) is 0. The first-order valence-electron chi connectivity index (χ1n) is 3.48. The zero-order valence-electron chi connectivity index (χ0n) is 6.31. The third kappa shape index (κ3) is 1.68. The number of nitrogens with one attached hydrogen (secondary N) is 3. The molecule has 1 atom stereocenters. The highest BCUT2D eigenvalue weighted by atomic mass is 16.2. The highest BCUT2D eigenvalue weighted by molar-refractivity contribution is 6.04. The Labute approximate surface area is 64.5 Å². The molecule has 0 aromatic carbocycles. The zero-order chi connectivity index (χ0) is 8.27. The second kappa shape index (κ2) is 3.34. The van der Waals surface area contributed by atoms with Crippen molar-refractivity contribution in [3.63, 3.8) is 0 Å². The minimum absolute atomic E-state index is 0.254. The Morgan fingerprint density at radius 3 is 2.91 bits per heavy atom. The van der Waals surface area contributed by atoms with Gasteiger partial charge in [0.2, 0.25) is 11.8 Å². The van der Waals surface area contributed by atoms with Gasteiger partial charge in [0.1, 0.15) is 0 Å². The van der Waals surface area contributed by atoms with Gasteiger partial charge in [0, 0.05) is 20.1 Å². The summed E-state index contributed by atoms with van der Waals surface area (Å²) in [5.74, 6) is -0.544. The molecule has 11 heavy (non-hydrogen) atoms. The van der Waals surface area contributed by atoms with Crippen molar-refractivity contribution in [2.45, 2.75) is 6.04 Å². The molecular weight excluding hydrogens is 146 g/mol. The van der Waals surface area contributed by atoms with Crippen LogP contribution in [0.1, 0.15) is 0 Å². The van der Waals surface area contributed by atoms with Crippen molar-refractivity contribution in [1.82, 2.24) is 16.0 Å². The lowest BCUT2D eigenvalue weighted by atomic mass is 10.2. The second-order valence-electron chi connectivity index (χ2n) is 2.29. The fraction of sp³-hybridized carbons (Fsp3) is 0.667. The van der Waals surface area contributed by atoms with Gasteiger partial charge in [-0.05, 0) is 0 Å². The maximum atomic E-state index is 11.0. The lowest BCUT2D eigenvalue weighted by Crippen LogP contribution is -2.58. The molecule has 0 aromatic rings. The van der Waals surface area contributed by atoms with Gasteiger partial charge in [-0.3, -0.25) is 14.9 Å². The molecule has 2 amide bonds. The zero-order valence-corrected chi connectivity index (χ0v) is 6.31. The molecule has 3 N–H and O–H groups in total. The number of hydrogen-bond donors (Lipinski definition) is 3. The fourth-order valence-corrected chi connectivity index (χ4v) is 0.953. The molecule has 1 rings (SSSR count). The summed E-state index contributed by atoms with van der Waals surface area (Å²) in [6, 6.07) is -0.714. The molecule has 0 aromatic heterocycles. The van der Waals surface area contributed by atoms with E-state index in [1.165, 1.54) is 7.05 Å². The Balaban J connectivity index is 2.54. The summed E-state index contributed by atoms with van der Waals surface area (Å²) >= 11 is 0. The summed E-state index contributed by atoms with van der Waals surface area (Å²) in [4.78, 5) is 21.9. The van der Waals surface area contributed by atoms with Crippen LogP contribution in [0.4, 0.5) is 0 Å². The Morgan fingerprint density at radius 2 is 2.36 bits per heavy atom. The monoisotopic (exact) mass is 157 g/mol. The number of carbonyl (C=O) groups is 2. The Morgan fingerprint density at radius 1 is 1.64 bits per heavy atom. The predicted octanol–water partition coefficient (Wildman–Crippen LogP) is -2.18. The summed E-state index contributed by atoms with van der Waals surface area (Å²) in [7, 11) is 1.51. The van der Waals surface area contributed by atoms with E-state index in [0.29, 0.717) is 13.1 Å². The van der Waals surface area contributed by atoms with Crippen molar-refractivity contribution in [1.29, 1.82) is 0 Å². The standard InChI is InChI=1S/C6H11N3O2/c1-7-5(10)4-6(11)9-3-2-8-4/h4,8H,2-3H2,1H3,(H,7,10)(H,9,11). The third-order valence-electron chi connectivity index (χ3n) is 1.54. The van der Waals surface area contributed by atoms with Crippen molar-refractivity contribution < 1.29 is 9.59 Å². The smallest absolute Gasteiger partial charge is 0.246 e. The van der Waals surface area contributed by atoms with E-state index in [0.717, 1.165) is 0 Å². The predicted molar refractivity (Wildman–Crippen MR) is 38.9 cm³/mol. The lowest BCUT2D eigenvalue weighted by molar-refractivity contribution is -0.133. The summed E-state index contributed by atoms with van der Waals surface area (Å²) < 4.78 is 0. The number of carbonyl (C=O) groups excluding carboxylic acids is 2. The van der Waals surface area contributed by atoms with E-state index in [4.69, 9.17) is 0 Å². The molecule has 1 aliphatic heterocycles. The molecular formula is C6H11N3O2. The highest BCUT2D eigenvalue weighted by Crippen LogP contribution is 1.88. The molecule has 0 bridgehead atoms. The van der Waals surface area contributed by atoms with E-state index in [9.17, 15) is 9.59 Å². The number of rotatable bonds is 1. The van der Waals surface area contributed by atoms with Crippen LogP contribution in [0.15, 0.2) is 0 Å². The maximum absolute atomic E-state index is 11.0. The van der Waals surface area contributed by atoms with Gasteiger partial charge in [0.05, 0.1) is 0 Å². The normalized spacial score (nSPS) is 24.1. The van der Waals surface area contributed by atoms with Crippen molar-refractivity contribution >= 4 is 11.8 Å². The Bertz CT molecular complexity index is 173. The maximum Gasteiger partial charge on any atom is 0.246 e. The minimum atomic E-state index is -0.714. The first kappa shape index (κ1) is 8.00. The van der Waals surface area contributed by atoms with Crippen molar-refractivity contribution in [3.8, 4) is 0 Å². The average Bonchev–Trinajstić information content (AvgIpc) is 2.04. The molecule has 0 aliphatic carbocycles. The van der Waals surface area contributed by atoms with Crippen molar-refractivity contribution in [2.75, 3.05) is 20.1 Å². The van der Waals surface area contributed by atoms with Crippen LogP contribution in [0, 0.1) is 0 Å². The Kier molecular flexibility index (Phi) is 2.43. The molecule has 1 saturated heterocycles. The number of likely N-dealkylation sites (N-methyl/N-ethyl adjacent to an activating group) is 1. The summed E-state index contributed by atoms with van der Waals surface area (Å²) in [5.41, 5.74) is 0. The topological polar surface area (TPSA) is 70.2 Å². The van der Waals surface area contributed by atoms with Crippen LogP contribution in [-0.2, 0) is 9.59 Å². The van der Waals surface area contributed by atoms with Gasteiger partial charge in [-0.2, -0.15) is 0 Å². The molecule has 1 aliphatic rings.